The molecule has 0 aliphatic carbocycles. The quantitative estimate of drug-likeness (QED) is 0.627. The molecular weight excluding hydrogens is 410 g/mol. The van der Waals surface area contributed by atoms with E-state index in [9.17, 15) is 22.0 Å². The number of benzene rings is 3. The highest BCUT2D eigenvalue weighted by Gasteiger charge is 2.18. The van der Waals surface area contributed by atoms with E-state index in [-0.39, 0.29) is 21.8 Å². The molecule has 9 heteroatoms. The van der Waals surface area contributed by atoms with Gasteiger partial charge in [-0.1, -0.05) is 17.7 Å². The SMILES string of the molecule is O=C(Nc1ccc(S(=O)(=O)Nc2cccc(Cl)c2)cc1F)c1ccc(F)cc1. The van der Waals surface area contributed by atoms with Crippen LogP contribution in [0.4, 0.5) is 20.2 Å². The summed E-state index contributed by atoms with van der Waals surface area (Å²) in [6.07, 6.45) is 0. The summed E-state index contributed by atoms with van der Waals surface area (Å²) in [4.78, 5) is 11.8. The molecule has 0 spiro atoms. The van der Waals surface area contributed by atoms with Crippen LogP contribution in [-0.2, 0) is 10.0 Å². The summed E-state index contributed by atoms with van der Waals surface area (Å²) in [5.74, 6) is -2.11. The van der Waals surface area contributed by atoms with Gasteiger partial charge in [-0.05, 0) is 60.7 Å². The van der Waals surface area contributed by atoms with Gasteiger partial charge in [0.15, 0.2) is 0 Å². The van der Waals surface area contributed by atoms with E-state index in [2.05, 4.69) is 10.0 Å². The second-order valence-corrected chi connectivity index (χ2v) is 7.84. The Hall–Kier alpha value is -2.97. The highest BCUT2D eigenvalue weighted by Crippen LogP contribution is 2.23. The number of anilines is 2. The summed E-state index contributed by atoms with van der Waals surface area (Å²) in [5.41, 5.74) is 0.137. The fraction of sp³-hybridized carbons (Fsp3) is 0. The summed E-state index contributed by atoms with van der Waals surface area (Å²) in [6, 6.07) is 13.8. The van der Waals surface area contributed by atoms with Gasteiger partial charge in [-0.25, -0.2) is 17.2 Å². The van der Waals surface area contributed by atoms with Gasteiger partial charge >= 0.3 is 0 Å². The molecule has 0 atom stereocenters. The number of hydrogen-bond acceptors (Lipinski definition) is 3. The van der Waals surface area contributed by atoms with E-state index >= 15 is 0 Å². The minimum Gasteiger partial charge on any atom is -0.319 e. The third-order valence-corrected chi connectivity index (χ3v) is 5.30. The number of carbonyl (C=O) groups is 1. The molecular formula is C19H13ClF2N2O3S. The Kier molecular flexibility index (Phi) is 5.62. The van der Waals surface area contributed by atoms with Crippen molar-refractivity contribution in [3.05, 3.63) is 89.0 Å². The molecule has 0 fully saturated rings. The first-order chi connectivity index (χ1) is 13.2. The molecule has 1 amide bonds. The number of hydrogen-bond donors (Lipinski definition) is 2. The molecule has 0 aliphatic heterocycles. The third kappa shape index (κ3) is 4.65. The van der Waals surface area contributed by atoms with Crippen molar-refractivity contribution in [2.75, 3.05) is 10.0 Å². The maximum absolute atomic E-state index is 14.3. The largest absolute Gasteiger partial charge is 0.319 e. The molecule has 3 aromatic carbocycles. The van der Waals surface area contributed by atoms with Gasteiger partial charge in [0, 0.05) is 10.6 Å². The van der Waals surface area contributed by atoms with Crippen molar-refractivity contribution in [2.45, 2.75) is 4.90 Å². The van der Waals surface area contributed by atoms with Gasteiger partial charge in [0.25, 0.3) is 15.9 Å². The van der Waals surface area contributed by atoms with Gasteiger partial charge < -0.3 is 5.32 Å². The number of sulfonamides is 1. The second kappa shape index (κ2) is 7.95. The molecule has 3 aromatic rings. The van der Waals surface area contributed by atoms with Crippen LogP contribution >= 0.6 is 11.6 Å². The average molecular weight is 423 g/mol. The van der Waals surface area contributed by atoms with Crippen molar-refractivity contribution in [2.24, 2.45) is 0 Å². The molecule has 0 radical (unpaired) electrons. The molecule has 0 bridgehead atoms. The molecule has 0 aliphatic rings. The molecule has 144 valence electrons. The normalized spacial score (nSPS) is 11.1. The highest BCUT2D eigenvalue weighted by atomic mass is 35.5. The summed E-state index contributed by atoms with van der Waals surface area (Å²) in [6.45, 7) is 0. The van der Waals surface area contributed by atoms with Crippen molar-refractivity contribution >= 4 is 38.9 Å². The Morgan fingerprint density at radius 2 is 1.64 bits per heavy atom. The molecule has 0 heterocycles. The monoisotopic (exact) mass is 422 g/mol. The first-order valence-corrected chi connectivity index (χ1v) is 9.75. The van der Waals surface area contributed by atoms with E-state index < -0.39 is 27.6 Å². The Morgan fingerprint density at radius 3 is 2.29 bits per heavy atom. The Labute approximate surface area is 165 Å². The molecule has 2 N–H and O–H groups in total. The lowest BCUT2D eigenvalue weighted by Crippen LogP contribution is -2.15. The van der Waals surface area contributed by atoms with Crippen LogP contribution in [0.15, 0.2) is 71.6 Å². The van der Waals surface area contributed by atoms with Gasteiger partial charge in [0.2, 0.25) is 0 Å². The Balaban J connectivity index is 1.79. The van der Waals surface area contributed by atoms with Crippen molar-refractivity contribution in [1.29, 1.82) is 0 Å². The van der Waals surface area contributed by atoms with Gasteiger partial charge in [-0.15, -0.1) is 0 Å². The fourth-order valence-corrected chi connectivity index (χ4v) is 3.58. The van der Waals surface area contributed by atoms with E-state index in [1.165, 1.54) is 24.3 Å². The minimum absolute atomic E-state index is 0.125. The van der Waals surface area contributed by atoms with Gasteiger partial charge in [-0.3, -0.25) is 9.52 Å². The van der Waals surface area contributed by atoms with Crippen molar-refractivity contribution in [1.82, 2.24) is 0 Å². The minimum atomic E-state index is -4.06. The van der Waals surface area contributed by atoms with Crippen molar-refractivity contribution < 1.29 is 22.0 Å². The lowest BCUT2D eigenvalue weighted by molar-refractivity contribution is 0.102. The zero-order chi connectivity index (χ0) is 20.3. The maximum Gasteiger partial charge on any atom is 0.261 e. The molecule has 28 heavy (non-hydrogen) atoms. The smallest absolute Gasteiger partial charge is 0.261 e. The summed E-state index contributed by atoms with van der Waals surface area (Å²) in [5, 5.41) is 2.65. The number of carbonyl (C=O) groups excluding carboxylic acids is 1. The molecule has 0 saturated heterocycles. The Bertz CT molecular complexity index is 1140. The number of rotatable bonds is 5. The van der Waals surface area contributed by atoms with Crippen LogP contribution in [-0.4, -0.2) is 14.3 Å². The molecule has 5 nitrogen and oxygen atoms in total. The topological polar surface area (TPSA) is 75.3 Å². The number of nitrogens with one attached hydrogen (secondary N) is 2. The van der Waals surface area contributed by atoms with Gasteiger partial charge in [0.05, 0.1) is 16.3 Å². The van der Waals surface area contributed by atoms with E-state index in [1.54, 1.807) is 12.1 Å². The van der Waals surface area contributed by atoms with Gasteiger partial charge in [0.1, 0.15) is 11.6 Å². The van der Waals surface area contributed by atoms with E-state index in [4.69, 9.17) is 11.6 Å². The van der Waals surface area contributed by atoms with Crippen LogP contribution < -0.4 is 10.0 Å². The summed E-state index contributed by atoms with van der Waals surface area (Å²) >= 11 is 5.82. The predicted molar refractivity (Wildman–Crippen MR) is 103 cm³/mol. The van der Waals surface area contributed by atoms with Crippen molar-refractivity contribution in [3.63, 3.8) is 0 Å². The molecule has 0 aromatic heterocycles. The average Bonchev–Trinajstić information content (AvgIpc) is 2.63. The first kappa shape index (κ1) is 19.8. The number of halogens is 3. The summed E-state index contributed by atoms with van der Waals surface area (Å²) < 4.78 is 54.4. The van der Waals surface area contributed by atoms with E-state index in [1.807, 2.05) is 0 Å². The number of amides is 1. The van der Waals surface area contributed by atoms with Gasteiger partial charge in [-0.2, -0.15) is 0 Å². The van der Waals surface area contributed by atoms with Crippen LogP contribution in [0.2, 0.25) is 5.02 Å². The third-order valence-electron chi connectivity index (χ3n) is 3.68. The first-order valence-electron chi connectivity index (χ1n) is 7.89. The standard InChI is InChI=1S/C19H13ClF2N2O3S/c20-13-2-1-3-15(10-13)24-28(26,27)16-8-9-18(17(22)11-16)23-19(25)12-4-6-14(21)7-5-12/h1-11,24H,(H,23,25). The molecule has 0 unspecified atom stereocenters. The van der Waals surface area contributed by atoms with E-state index in [0.717, 1.165) is 30.3 Å². The molecule has 0 saturated carbocycles. The van der Waals surface area contributed by atoms with Crippen LogP contribution in [0, 0.1) is 11.6 Å². The lowest BCUT2D eigenvalue weighted by Gasteiger charge is -2.11. The second-order valence-electron chi connectivity index (χ2n) is 5.72. The van der Waals surface area contributed by atoms with Crippen LogP contribution in [0.1, 0.15) is 10.4 Å². The zero-order valence-electron chi connectivity index (χ0n) is 14.1. The van der Waals surface area contributed by atoms with E-state index in [0.29, 0.717) is 5.02 Å². The Morgan fingerprint density at radius 1 is 0.929 bits per heavy atom. The lowest BCUT2D eigenvalue weighted by atomic mass is 10.2. The summed E-state index contributed by atoms with van der Waals surface area (Å²) in [7, 11) is -4.06. The molecule has 3 rings (SSSR count). The predicted octanol–water partition coefficient (Wildman–Crippen LogP) is 4.67. The van der Waals surface area contributed by atoms with Crippen LogP contribution in [0.25, 0.3) is 0 Å². The fourth-order valence-electron chi connectivity index (χ4n) is 2.33. The van der Waals surface area contributed by atoms with Crippen molar-refractivity contribution in [3.8, 4) is 0 Å². The highest BCUT2D eigenvalue weighted by molar-refractivity contribution is 7.92. The zero-order valence-corrected chi connectivity index (χ0v) is 15.7. The van der Waals surface area contributed by atoms with Crippen LogP contribution in [0.3, 0.4) is 0 Å². The van der Waals surface area contributed by atoms with Crippen LogP contribution in [0.5, 0.6) is 0 Å². The maximum atomic E-state index is 14.3.